The van der Waals surface area contributed by atoms with Crippen LogP contribution in [0.1, 0.15) is 39.5 Å². The topological polar surface area (TPSA) is 44.5 Å². The molecule has 0 saturated carbocycles. The lowest BCUT2D eigenvalue weighted by atomic mass is 9.89. The summed E-state index contributed by atoms with van der Waals surface area (Å²) < 4.78 is 11.2. The molecule has 0 radical (unpaired) electrons. The van der Waals surface area contributed by atoms with Gasteiger partial charge in [-0.15, -0.1) is 0 Å². The molecular formula is C11H23NO2. The first kappa shape index (κ1) is 12.0. The zero-order valence-corrected chi connectivity index (χ0v) is 9.42. The standard InChI is InChI=1S/C11H23NO2/c1-3-7-13-9-10(12)11(2)6-4-5-8-14-11/h10H,3-9,12H2,1-2H3. The van der Waals surface area contributed by atoms with Gasteiger partial charge in [-0.2, -0.15) is 0 Å². The molecule has 14 heavy (non-hydrogen) atoms. The largest absolute Gasteiger partial charge is 0.380 e. The summed E-state index contributed by atoms with van der Waals surface area (Å²) in [6.07, 6.45) is 4.49. The molecule has 3 heteroatoms. The van der Waals surface area contributed by atoms with Crippen molar-refractivity contribution in [3.8, 4) is 0 Å². The molecule has 3 nitrogen and oxygen atoms in total. The van der Waals surface area contributed by atoms with Gasteiger partial charge in [0.05, 0.1) is 18.2 Å². The maximum Gasteiger partial charge on any atom is 0.0827 e. The first-order chi connectivity index (χ1) is 6.69. The molecule has 0 aromatic carbocycles. The Hall–Kier alpha value is -0.120. The fourth-order valence-corrected chi connectivity index (χ4v) is 1.78. The van der Waals surface area contributed by atoms with Crippen molar-refractivity contribution in [2.75, 3.05) is 19.8 Å². The monoisotopic (exact) mass is 201 g/mol. The van der Waals surface area contributed by atoms with Gasteiger partial charge in [0.25, 0.3) is 0 Å². The summed E-state index contributed by atoms with van der Waals surface area (Å²) in [5.41, 5.74) is 5.91. The van der Waals surface area contributed by atoms with Gasteiger partial charge in [-0.1, -0.05) is 6.92 Å². The van der Waals surface area contributed by atoms with E-state index < -0.39 is 0 Å². The first-order valence-corrected chi connectivity index (χ1v) is 5.66. The molecular weight excluding hydrogens is 178 g/mol. The molecule has 1 aliphatic rings. The molecule has 1 heterocycles. The molecule has 2 atom stereocenters. The van der Waals surface area contributed by atoms with Crippen LogP contribution in [0.2, 0.25) is 0 Å². The SMILES string of the molecule is CCCOCC(N)C1(C)CCCCO1. The summed E-state index contributed by atoms with van der Waals surface area (Å²) in [5.74, 6) is 0. The minimum Gasteiger partial charge on any atom is -0.380 e. The van der Waals surface area contributed by atoms with E-state index in [-0.39, 0.29) is 11.6 Å². The second-order valence-corrected chi connectivity index (χ2v) is 4.30. The van der Waals surface area contributed by atoms with Crippen LogP contribution >= 0.6 is 0 Å². The van der Waals surface area contributed by atoms with Crippen LogP contribution in [-0.4, -0.2) is 31.5 Å². The van der Waals surface area contributed by atoms with Crippen LogP contribution in [0.5, 0.6) is 0 Å². The Morgan fingerprint density at radius 1 is 1.50 bits per heavy atom. The number of rotatable bonds is 5. The minimum atomic E-state index is -0.161. The minimum absolute atomic E-state index is 0.00866. The summed E-state index contributed by atoms with van der Waals surface area (Å²) in [6.45, 7) is 6.46. The van der Waals surface area contributed by atoms with E-state index in [0.29, 0.717) is 6.61 Å². The number of hydrogen-bond acceptors (Lipinski definition) is 3. The fourth-order valence-electron chi connectivity index (χ4n) is 1.78. The van der Waals surface area contributed by atoms with Crippen molar-refractivity contribution in [2.24, 2.45) is 5.73 Å². The van der Waals surface area contributed by atoms with Crippen LogP contribution in [-0.2, 0) is 9.47 Å². The average molecular weight is 201 g/mol. The van der Waals surface area contributed by atoms with Crippen LogP contribution in [0.4, 0.5) is 0 Å². The van der Waals surface area contributed by atoms with E-state index in [0.717, 1.165) is 32.5 Å². The summed E-state index contributed by atoms with van der Waals surface area (Å²) in [6, 6.07) is 0.00866. The average Bonchev–Trinajstić information content (AvgIpc) is 2.19. The lowest BCUT2D eigenvalue weighted by Gasteiger charge is -2.38. The van der Waals surface area contributed by atoms with Crippen molar-refractivity contribution in [3.63, 3.8) is 0 Å². The maximum atomic E-state index is 6.07. The molecule has 0 aromatic heterocycles. The Morgan fingerprint density at radius 2 is 2.29 bits per heavy atom. The van der Waals surface area contributed by atoms with Gasteiger partial charge in [-0.25, -0.2) is 0 Å². The van der Waals surface area contributed by atoms with Gasteiger partial charge in [0.15, 0.2) is 0 Å². The van der Waals surface area contributed by atoms with Gasteiger partial charge in [-0.3, -0.25) is 0 Å². The quantitative estimate of drug-likeness (QED) is 0.689. The fraction of sp³-hybridized carbons (Fsp3) is 1.00. The zero-order valence-electron chi connectivity index (χ0n) is 9.42. The van der Waals surface area contributed by atoms with E-state index in [9.17, 15) is 0 Å². The van der Waals surface area contributed by atoms with Crippen molar-refractivity contribution in [3.05, 3.63) is 0 Å². The zero-order chi connectivity index (χ0) is 10.4. The third kappa shape index (κ3) is 3.23. The van der Waals surface area contributed by atoms with Crippen LogP contribution in [0.3, 0.4) is 0 Å². The highest BCUT2D eigenvalue weighted by Crippen LogP contribution is 2.26. The number of ether oxygens (including phenoxy) is 2. The van der Waals surface area contributed by atoms with Crippen molar-refractivity contribution in [2.45, 2.75) is 51.2 Å². The van der Waals surface area contributed by atoms with Crippen molar-refractivity contribution >= 4 is 0 Å². The van der Waals surface area contributed by atoms with Crippen LogP contribution in [0.25, 0.3) is 0 Å². The molecule has 0 spiro atoms. The molecule has 2 unspecified atom stereocenters. The Balaban J connectivity index is 2.29. The number of nitrogens with two attached hydrogens (primary N) is 1. The van der Waals surface area contributed by atoms with Crippen molar-refractivity contribution in [1.82, 2.24) is 0 Å². The van der Waals surface area contributed by atoms with E-state index in [2.05, 4.69) is 13.8 Å². The summed E-state index contributed by atoms with van der Waals surface area (Å²) in [7, 11) is 0. The molecule has 84 valence electrons. The predicted molar refractivity (Wildman–Crippen MR) is 57.3 cm³/mol. The van der Waals surface area contributed by atoms with Gasteiger partial charge < -0.3 is 15.2 Å². The van der Waals surface area contributed by atoms with E-state index in [4.69, 9.17) is 15.2 Å². The highest BCUT2D eigenvalue weighted by Gasteiger charge is 2.34. The maximum absolute atomic E-state index is 6.07. The Bertz CT molecular complexity index is 155. The Morgan fingerprint density at radius 3 is 2.86 bits per heavy atom. The molecule has 0 aromatic rings. The summed E-state index contributed by atoms with van der Waals surface area (Å²) >= 11 is 0. The lowest BCUT2D eigenvalue weighted by Crippen LogP contribution is -2.52. The van der Waals surface area contributed by atoms with E-state index in [1.807, 2.05) is 0 Å². The Kier molecular flexibility index (Phi) is 4.85. The molecule has 0 bridgehead atoms. The molecule has 1 rings (SSSR count). The summed E-state index contributed by atoms with van der Waals surface area (Å²) in [4.78, 5) is 0. The van der Waals surface area contributed by atoms with E-state index in [1.54, 1.807) is 0 Å². The molecule has 1 saturated heterocycles. The van der Waals surface area contributed by atoms with Gasteiger partial charge in [0.1, 0.15) is 0 Å². The molecule has 1 aliphatic heterocycles. The smallest absolute Gasteiger partial charge is 0.0827 e. The van der Waals surface area contributed by atoms with Gasteiger partial charge in [0.2, 0.25) is 0 Å². The van der Waals surface area contributed by atoms with Gasteiger partial charge in [0, 0.05) is 13.2 Å². The normalized spacial score (nSPS) is 30.2. The highest BCUT2D eigenvalue weighted by atomic mass is 16.5. The van der Waals surface area contributed by atoms with E-state index in [1.165, 1.54) is 6.42 Å². The van der Waals surface area contributed by atoms with Crippen LogP contribution in [0.15, 0.2) is 0 Å². The molecule has 2 N–H and O–H groups in total. The van der Waals surface area contributed by atoms with E-state index >= 15 is 0 Å². The van der Waals surface area contributed by atoms with Crippen LogP contribution in [0, 0.1) is 0 Å². The highest BCUT2D eigenvalue weighted by molar-refractivity contribution is 4.89. The van der Waals surface area contributed by atoms with Crippen LogP contribution < -0.4 is 5.73 Å². The van der Waals surface area contributed by atoms with Gasteiger partial charge >= 0.3 is 0 Å². The first-order valence-electron chi connectivity index (χ1n) is 5.66. The molecule has 0 amide bonds. The third-order valence-electron chi connectivity index (χ3n) is 2.93. The predicted octanol–water partition coefficient (Wildman–Crippen LogP) is 1.70. The van der Waals surface area contributed by atoms with Crippen molar-refractivity contribution in [1.29, 1.82) is 0 Å². The van der Waals surface area contributed by atoms with Crippen molar-refractivity contribution < 1.29 is 9.47 Å². The second kappa shape index (κ2) is 5.69. The van der Waals surface area contributed by atoms with Gasteiger partial charge in [-0.05, 0) is 32.6 Å². The second-order valence-electron chi connectivity index (χ2n) is 4.30. The third-order valence-corrected chi connectivity index (χ3v) is 2.93. The Labute approximate surface area is 86.9 Å². The number of hydrogen-bond donors (Lipinski definition) is 1. The molecule has 1 fully saturated rings. The molecule has 0 aliphatic carbocycles. The lowest BCUT2D eigenvalue weighted by molar-refractivity contribution is -0.0948. The summed E-state index contributed by atoms with van der Waals surface area (Å²) in [5, 5.41) is 0.